The molecule has 0 spiro atoms. The van der Waals surface area contributed by atoms with Gasteiger partial charge in [-0.3, -0.25) is 9.89 Å². The molecular formula is C20H21N3O3. The van der Waals surface area contributed by atoms with Crippen LogP contribution in [0, 0.1) is 0 Å². The Morgan fingerprint density at radius 2 is 1.85 bits per heavy atom. The third kappa shape index (κ3) is 3.69. The maximum atomic E-state index is 12.6. The van der Waals surface area contributed by atoms with E-state index in [1.54, 1.807) is 20.3 Å². The zero-order valence-corrected chi connectivity index (χ0v) is 14.9. The number of nitrogens with one attached hydrogen (secondary N) is 2. The first-order chi connectivity index (χ1) is 12.6. The Morgan fingerprint density at radius 1 is 1.08 bits per heavy atom. The largest absolute Gasteiger partial charge is 0.497 e. The highest BCUT2D eigenvalue weighted by atomic mass is 16.5. The fourth-order valence-electron chi connectivity index (χ4n) is 2.72. The SMILES string of the molecule is COc1ccc(OC)c([C@H](C)NC(=O)c2cc(-c3ccccc3)n[nH]2)c1. The van der Waals surface area contributed by atoms with Crippen LogP contribution in [0.1, 0.15) is 29.0 Å². The van der Waals surface area contributed by atoms with Crippen LogP contribution in [0.5, 0.6) is 11.5 Å². The molecule has 0 radical (unpaired) electrons. The van der Waals surface area contributed by atoms with Crippen molar-refractivity contribution in [2.75, 3.05) is 14.2 Å². The molecule has 0 fully saturated rings. The van der Waals surface area contributed by atoms with Gasteiger partial charge in [0.05, 0.1) is 26.0 Å². The second-order valence-corrected chi connectivity index (χ2v) is 5.84. The molecule has 0 bridgehead atoms. The van der Waals surface area contributed by atoms with Gasteiger partial charge in [0.15, 0.2) is 0 Å². The van der Waals surface area contributed by atoms with Crippen LogP contribution in [-0.2, 0) is 0 Å². The Morgan fingerprint density at radius 3 is 2.54 bits per heavy atom. The minimum absolute atomic E-state index is 0.239. The lowest BCUT2D eigenvalue weighted by atomic mass is 10.1. The van der Waals surface area contributed by atoms with Crippen LogP contribution >= 0.6 is 0 Å². The Kier molecular flexibility index (Phi) is 5.22. The zero-order valence-electron chi connectivity index (χ0n) is 14.9. The summed E-state index contributed by atoms with van der Waals surface area (Å²) in [5.41, 5.74) is 2.91. The lowest BCUT2D eigenvalue weighted by molar-refractivity contribution is 0.0934. The van der Waals surface area contributed by atoms with E-state index in [9.17, 15) is 4.79 Å². The third-order valence-electron chi connectivity index (χ3n) is 4.14. The number of benzene rings is 2. The summed E-state index contributed by atoms with van der Waals surface area (Å²) in [6.45, 7) is 1.89. The minimum Gasteiger partial charge on any atom is -0.497 e. The number of H-pyrrole nitrogens is 1. The van der Waals surface area contributed by atoms with Crippen molar-refractivity contribution in [2.45, 2.75) is 13.0 Å². The summed E-state index contributed by atoms with van der Waals surface area (Å²) < 4.78 is 10.7. The van der Waals surface area contributed by atoms with Crippen molar-refractivity contribution in [1.82, 2.24) is 15.5 Å². The van der Waals surface area contributed by atoms with Gasteiger partial charge in [-0.1, -0.05) is 30.3 Å². The molecule has 6 nitrogen and oxygen atoms in total. The van der Waals surface area contributed by atoms with E-state index in [-0.39, 0.29) is 11.9 Å². The monoisotopic (exact) mass is 351 g/mol. The number of hydrogen-bond donors (Lipinski definition) is 2. The molecule has 1 aromatic heterocycles. The van der Waals surface area contributed by atoms with Crippen molar-refractivity contribution in [3.05, 3.63) is 65.9 Å². The Balaban J connectivity index is 1.77. The molecule has 6 heteroatoms. The van der Waals surface area contributed by atoms with Gasteiger partial charge in [-0.2, -0.15) is 5.10 Å². The average Bonchev–Trinajstić information content (AvgIpc) is 3.18. The number of aromatic nitrogens is 2. The normalized spacial score (nSPS) is 11.7. The first-order valence-corrected chi connectivity index (χ1v) is 8.26. The van der Waals surface area contributed by atoms with Gasteiger partial charge in [-0.25, -0.2) is 0 Å². The number of aromatic amines is 1. The van der Waals surface area contributed by atoms with Gasteiger partial charge in [0.1, 0.15) is 17.2 Å². The molecule has 1 heterocycles. The van der Waals surface area contributed by atoms with Crippen LogP contribution in [0.3, 0.4) is 0 Å². The second-order valence-electron chi connectivity index (χ2n) is 5.84. The highest BCUT2D eigenvalue weighted by Crippen LogP contribution is 2.29. The highest BCUT2D eigenvalue weighted by Gasteiger charge is 2.18. The molecule has 3 aromatic rings. The van der Waals surface area contributed by atoms with Crippen molar-refractivity contribution >= 4 is 5.91 Å². The molecule has 1 amide bonds. The van der Waals surface area contributed by atoms with Crippen LogP contribution in [0.25, 0.3) is 11.3 Å². The predicted molar refractivity (Wildman–Crippen MR) is 99.5 cm³/mol. The molecule has 26 heavy (non-hydrogen) atoms. The maximum absolute atomic E-state index is 12.6. The van der Waals surface area contributed by atoms with E-state index in [0.29, 0.717) is 17.2 Å². The molecule has 2 aromatic carbocycles. The average molecular weight is 351 g/mol. The summed E-state index contributed by atoms with van der Waals surface area (Å²) in [5.74, 6) is 1.15. The maximum Gasteiger partial charge on any atom is 0.269 e. The van der Waals surface area contributed by atoms with Gasteiger partial charge in [0, 0.05) is 11.1 Å². The van der Waals surface area contributed by atoms with Gasteiger partial charge >= 0.3 is 0 Å². The third-order valence-corrected chi connectivity index (χ3v) is 4.14. The van der Waals surface area contributed by atoms with Crippen LogP contribution in [-0.4, -0.2) is 30.3 Å². The van der Waals surface area contributed by atoms with Crippen molar-refractivity contribution < 1.29 is 14.3 Å². The topological polar surface area (TPSA) is 76.2 Å². The minimum atomic E-state index is -0.268. The summed E-state index contributed by atoms with van der Waals surface area (Å²) in [6, 6.07) is 16.7. The fraction of sp³-hybridized carbons (Fsp3) is 0.200. The molecule has 0 saturated carbocycles. The zero-order chi connectivity index (χ0) is 18.5. The number of amides is 1. The number of hydrogen-bond acceptors (Lipinski definition) is 4. The first-order valence-electron chi connectivity index (χ1n) is 8.26. The molecule has 0 aliphatic carbocycles. The van der Waals surface area contributed by atoms with Gasteiger partial charge in [-0.05, 0) is 31.2 Å². The number of ether oxygens (including phenoxy) is 2. The number of rotatable bonds is 6. The number of carbonyl (C=O) groups excluding carboxylic acids is 1. The van der Waals surface area contributed by atoms with Crippen LogP contribution in [0.2, 0.25) is 0 Å². The number of carbonyl (C=O) groups is 1. The van der Waals surface area contributed by atoms with Crippen LogP contribution in [0.15, 0.2) is 54.6 Å². The predicted octanol–water partition coefficient (Wildman–Crippen LogP) is 3.58. The van der Waals surface area contributed by atoms with Crippen LogP contribution in [0.4, 0.5) is 0 Å². The van der Waals surface area contributed by atoms with Gasteiger partial charge in [0.2, 0.25) is 0 Å². The molecule has 0 aliphatic rings. The summed E-state index contributed by atoms with van der Waals surface area (Å²) in [7, 11) is 3.20. The summed E-state index contributed by atoms with van der Waals surface area (Å²) in [4.78, 5) is 12.6. The van der Waals surface area contributed by atoms with E-state index < -0.39 is 0 Å². The van der Waals surface area contributed by atoms with E-state index in [2.05, 4.69) is 15.5 Å². The molecule has 1 atom stereocenters. The lowest BCUT2D eigenvalue weighted by Gasteiger charge is -2.17. The van der Waals surface area contributed by atoms with Crippen molar-refractivity contribution in [3.8, 4) is 22.8 Å². The first kappa shape index (κ1) is 17.5. The molecule has 0 saturated heterocycles. The number of nitrogens with zero attached hydrogens (tertiary/aromatic N) is 1. The fourth-order valence-corrected chi connectivity index (χ4v) is 2.72. The van der Waals surface area contributed by atoms with E-state index in [0.717, 1.165) is 16.8 Å². The molecule has 2 N–H and O–H groups in total. The van der Waals surface area contributed by atoms with E-state index >= 15 is 0 Å². The second kappa shape index (κ2) is 7.74. The smallest absolute Gasteiger partial charge is 0.269 e. The van der Waals surface area contributed by atoms with Gasteiger partial charge in [-0.15, -0.1) is 0 Å². The summed E-state index contributed by atoms with van der Waals surface area (Å²) >= 11 is 0. The van der Waals surface area contributed by atoms with E-state index in [1.807, 2.05) is 55.5 Å². The summed E-state index contributed by atoms with van der Waals surface area (Å²) in [6.07, 6.45) is 0. The standard InChI is InChI=1S/C20H21N3O3/c1-13(16-11-15(25-2)9-10-19(16)26-3)21-20(24)18-12-17(22-23-18)14-7-5-4-6-8-14/h4-13H,1-3H3,(H,21,24)(H,22,23)/t13-/m0/s1. The number of methoxy groups -OCH3 is 2. The van der Waals surface area contributed by atoms with Crippen LogP contribution < -0.4 is 14.8 Å². The molecule has 0 unspecified atom stereocenters. The Hall–Kier alpha value is -3.28. The Bertz CT molecular complexity index is 890. The van der Waals surface area contributed by atoms with Crippen molar-refractivity contribution in [2.24, 2.45) is 0 Å². The molecule has 3 rings (SSSR count). The lowest BCUT2D eigenvalue weighted by Crippen LogP contribution is -2.27. The highest BCUT2D eigenvalue weighted by molar-refractivity contribution is 5.93. The molecule has 0 aliphatic heterocycles. The molecular weight excluding hydrogens is 330 g/mol. The Labute approximate surface area is 152 Å². The van der Waals surface area contributed by atoms with Gasteiger partial charge < -0.3 is 14.8 Å². The van der Waals surface area contributed by atoms with Crippen molar-refractivity contribution in [1.29, 1.82) is 0 Å². The van der Waals surface area contributed by atoms with Gasteiger partial charge in [0.25, 0.3) is 5.91 Å². The quantitative estimate of drug-likeness (QED) is 0.712. The molecule has 134 valence electrons. The summed E-state index contributed by atoms with van der Waals surface area (Å²) in [5, 5.41) is 9.97. The van der Waals surface area contributed by atoms with E-state index in [1.165, 1.54) is 0 Å². The van der Waals surface area contributed by atoms with Crippen molar-refractivity contribution in [3.63, 3.8) is 0 Å². The van der Waals surface area contributed by atoms with E-state index in [4.69, 9.17) is 9.47 Å².